The number of halogens is 3. The van der Waals surface area contributed by atoms with Gasteiger partial charge in [0.2, 0.25) is 11.9 Å². The molecule has 0 radical (unpaired) electrons. The molecule has 0 aromatic heterocycles. The Morgan fingerprint density at radius 3 is 2.38 bits per heavy atom. The van der Waals surface area contributed by atoms with E-state index in [1.807, 2.05) is 24.3 Å². The molecule has 0 spiro atoms. The highest BCUT2D eigenvalue weighted by Gasteiger charge is 2.27. The molecule has 0 bridgehead atoms. The summed E-state index contributed by atoms with van der Waals surface area (Å²) < 4.78 is 11.3. The van der Waals surface area contributed by atoms with E-state index in [1.54, 1.807) is 6.07 Å². The molecule has 3 rings (SSSR count). The van der Waals surface area contributed by atoms with Crippen LogP contribution >= 0.6 is 34.8 Å². The molecule has 1 heterocycles. The maximum Gasteiger partial charge on any atom is 0.226 e. The van der Waals surface area contributed by atoms with E-state index >= 15 is 0 Å². The second kappa shape index (κ2) is 11.5. The molecule has 1 unspecified atom stereocenters. The third-order valence-corrected chi connectivity index (χ3v) is 5.35. The van der Waals surface area contributed by atoms with Crippen LogP contribution < -0.4 is 20.9 Å². The molecule has 8 nitrogen and oxygen atoms in total. The van der Waals surface area contributed by atoms with E-state index in [2.05, 4.69) is 16.9 Å². The van der Waals surface area contributed by atoms with Gasteiger partial charge in [0.1, 0.15) is 11.5 Å². The molecule has 11 heteroatoms. The molecule has 0 saturated heterocycles. The van der Waals surface area contributed by atoms with Crippen LogP contribution in [0.3, 0.4) is 0 Å². The zero-order chi connectivity index (χ0) is 23.1. The summed E-state index contributed by atoms with van der Waals surface area (Å²) in [5.74, 6) is 1.41. The third kappa shape index (κ3) is 6.32. The van der Waals surface area contributed by atoms with Gasteiger partial charge in [0.25, 0.3) is 0 Å². The first-order valence-corrected chi connectivity index (χ1v) is 11.1. The van der Waals surface area contributed by atoms with Crippen molar-refractivity contribution in [2.45, 2.75) is 25.9 Å². The minimum absolute atomic E-state index is 0.0799. The zero-order valence-corrected chi connectivity index (χ0v) is 19.7. The Labute approximate surface area is 201 Å². The molecule has 172 valence electrons. The average Bonchev–Trinajstić information content (AvgIpc) is 2.76. The van der Waals surface area contributed by atoms with Crippen molar-refractivity contribution in [1.29, 1.82) is 0 Å². The first-order valence-electron chi connectivity index (χ1n) is 9.98. The maximum absolute atomic E-state index is 6.12. The predicted octanol–water partition coefficient (Wildman–Crippen LogP) is 4.78. The maximum atomic E-state index is 6.12. The highest BCUT2D eigenvalue weighted by molar-refractivity contribution is 6.43. The van der Waals surface area contributed by atoms with Gasteiger partial charge in [-0.1, -0.05) is 53.9 Å². The largest absolute Gasteiger partial charge is 0.494 e. The summed E-state index contributed by atoms with van der Waals surface area (Å²) in [6, 6.07) is 10.6. The summed E-state index contributed by atoms with van der Waals surface area (Å²) in [7, 11) is 0. The minimum Gasteiger partial charge on any atom is -0.494 e. The number of benzene rings is 2. The Morgan fingerprint density at radius 1 is 0.938 bits per heavy atom. The van der Waals surface area contributed by atoms with Crippen LogP contribution in [0.4, 0.5) is 0 Å². The van der Waals surface area contributed by atoms with E-state index in [1.165, 1.54) is 11.1 Å². The van der Waals surface area contributed by atoms with Gasteiger partial charge in [0.05, 0.1) is 34.9 Å². The van der Waals surface area contributed by atoms with E-state index in [9.17, 15) is 0 Å². The number of ether oxygens (including phenoxy) is 2. The Balaban J connectivity index is 1.57. The number of hydrogen-bond donors (Lipinski definition) is 2. The summed E-state index contributed by atoms with van der Waals surface area (Å²) in [4.78, 5) is 14.2. The van der Waals surface area contributed by atoms with Gasteiger partial charge in [0.15, 0.2) is 6.17 Å². The number of nitrogens with two attached hydrogens (primary N) is 2. The number of guanidine groups is 2. The van der Waals surface area contributed by atoms with Crippen LogP contribution in [0.5, 0.6) is 11.5 Å². The minimum atomic E-state index is -0.571. The van der Waals surface area contributed by atoms with E-state index in [0.717, 1.165) is 17.7 Å². The first kappa shape index (κ1) is 24.3. The van der Waals surface area contributed by atoms with Gasteiger partial charge in [-0.25, -0.2) is 4.99 Å². The van der Waals surface area contributed by atoms with Crippen LogP contribution in [-0.2, 0) is 4.84 Å². The van der Waals surface area contributed by atoms with Gasteiger partial charge >= 0.3 is 0 Å². The smallest absolute Gasteiger partial charge is 0.226 e. The Kier molecular flexibility index (Phi) is 8.69. The Bertz CT molecular complexity index is 985. The first-order chi connectivity index (χ1) is 15.4. The van der Waals surface area contributed by atoms with Gasteiger partial charge in [-0.2, -0.15) is 10.1 Å². The quantitative estimate of drug-likeness (QED) is 0.359. The fourth-order valence-corrected chi connectivity index (χ4v) is 3.41. The van der Waals surface area contributed by atoms with Crippen molar-refractivity contribution in [1.82, 2.24) is 5.06 Å². The lowest BCUT2D eigenvalue weighted by Crippen LogP contribution is -2.44. The average molecular weight is 501 g/mol. The van der Waals surface area contributed by atoms with Crippen LogP contribution in [0, 0.1) is 0 Å². The standard InChI is InChI=1S/C21H24Cl3N5O3/c1-2-8-30-14-6-4-13(5-7-14)19-27-20(25)28-21(26)29(19)32-10-3-9-31-18-12-16(23)15(22)11-17(18)24/h4-7,11-12,19H,2-3,8-10H2,1H3,(H4,25,26,27,28). The van der Waals surface area contributed by atoms with Gasteiger partial charge in [-0.05, 0) is 30.2 Å². The number of hydroxylamine groups is 2. The highest BCUT2D eigenvalue weighted by Crippen LogP contribution is 2.34. The van der Waals surface area contributed by atoms with Crippen molar-refractivity contribution in [3.05, 3.63) is 57.0 Å². The van der Waals surface area contributed by atoms with E-state index in [-0.39, 0.29) is 11.9 Å². The number of nitrogens with zero attached hydrogens (tertiary/aromatic N) is 3. The Hall–Kier alpha value is -2.39. The van der Waals surface area contributed by atoms with Gasteiger partial charge in [0, 0.05) is 12.5 Å². The van der Waals surface area contributed by atoms with E-state index in [0.29, 0.717) is 47.1 Å². The summed E-state index contributed by atoms with van der Waals surface area (Å²) >= 11 is 18.1. The molecule has 0 aliphatic carbocycles. The van der Waals surface area contributed by atoms with Gasteiger partial charge in [-0.3, -0.25) is 4.84 Å². The molecule has 1 aliphatic rings. The van der Waals surface area contributed by atoms with E-state index < -0.39 is 6.17 Å². The summed E-state index contributed by atoms with van der Waals surface area (Å²) in [5, 5.41) is 2.53. The normalized spacial score (nSPS) is 15.9. The highest BCUT2D eigenvalue weighted by atomic mass is 35.5. The molecule has 0 saturated carbocycles. The second-order valence-electron chi connectivity index (χ2n) is 6.81. The molecular formula is C21H24Cl3N5O3. The molecule has 0 amide bonds. The predicted molar refractivity (Wildman–Crippen MR) is 128 cm³/mol. The van der Waals surface area contributed by atoms with Crippen LogP contribution in [0.25, 0.3) is 0 Å². The lowest BCUT2D eigenvalue weighted by Gasteiger charge is -2.31. The molecule has 1 aliphatic heterocycles. The molecular weight excluding hydrogens is 477 g/mol. The fraction of sp³-hybridized carbons (Fsp3) is 0.333. The topological polar surface area (TPSA) is 108 Å². The summed E-state index contributed by atoms with van der Waals surface area (Å²) in [6.07, 6.45) is 0.898. The third-order valence-electron chi connectivity index (χ3n) is 4.33. The zero-order valence-electron chi connectivity index (χ0n) is 17.4. The van der Waals surface area contributed by atoms with Crippen molar-refractivity contribution in [3.8, 4) is 11.5 Å². The molecule has 2 aromatic carbocycles. The van der Waals surface area contributed by atoms with Gasteiger partial charge < -0.3 is 20.9 Å². The van der Waals surface area contributed by atoms with Crippen molar-refractivity contribution in [3.63, 3.8) is 0 Å². The lowest BCUT2D eigenvalue weighted by molar-refractivity contribution is -0.132. The monoisotopic (exact) mass is 499 g/mol. The van der Waals surface area contributed by atoms with Gasteiger partial charge in [-0.15, -0.1) is 0 Å². The van der Waals surface area contributed by atoms with Crippen molar-refractivity contribution in [2.75, 3.05) is 19.8 Å². The van der Waals surface area contributed by atoms with Crippen LogP contribution in [-0.4, -0.2) is 36.8 Å². The Morgan fingerprint density at radius 2 is 1.66 bits per heavy atom. The molecule has 2 aromatic rings. The molecule has 4 N–H and O–H groups in total. The van der Waals surface area contributed by atoms with Crippen LogP contribution in [0.15, 0.2) is 46.4 Å². The number of aliphatic imine (C=N–C) groups is 2. The second-order valence-corrected chi connectivity index (χ2v) is 8.03. The number of hydrogen-bond acceptors (Lipinski definition) is 8. The summed E-state index contributed by atoms with van der Waals surface area (Å²) in [5.41, 5.74) is 12.7. The molecule has 1 atom stereocenters. The van der Waals surface area contributed by atoms with E-state index in [4.69, 9.17) is 60.6 Å². The van der Waals surface area contributed by atoms with Crippen LogP contribution in [0.1, 0.15) is 31.5 Å². The van der Waals surface area contributed by atoms with Crippen molar-refractivity contribution < 1.29 is 14.3 Å². The number of rotatable bonds is 10. The van der Waals surface area contributed by atoms with Crippen molar-refractivity contribution in [2.24, 2.45) is 21.5 Å². The lowest BCUT2D eigenvalue weighted by atomic mass is 10.1. The molecule has 32 heavy (non-hydrogen) atoms. The fourth-order valence-electron chi connectivity index (χ4n) is 2.82. The SMILES string of the molecule is CCCOc1ccc(C2N=C(N)N=C(N)N2OCCCOc2cc(Cl)c(Cl)cc2Cl)cc1. The van der Waals surface area contributed by atoms with Crippen molar-refractivity contribution >= 4 is 46.7 Å². The molecule has 0 fully saturated rings. The summed E-state index contributed by atoms with van der Waals surface area (Å²) in [6.45, 7) is 3.33. The van der Waals surface area contributed by atoms with Crippen LogP contribution in [0.2, 0.25) is 15.1 Å².